The van der Waals surface area contributed by atoms with Crippen LogP contribution in [0.3, 0.4) is 0 Å². The first-order chi connectivity index (χ1) is 13.8. The Hall–Kier alpha value is -3.59. The van der Waals surface area contributed by atoms with Gasteiger partial charge >= 0.3 is 5.97 Å². The predicted molar refractivity (Wildman–Crippen MR) is 111 cm³/mol. The summed E-state index contributed by atoms with van der Waals surface area (Å²) in [7, 11) is 1.55. The van der Waals surface area contributed by atoms with Gasteiger partial charge in [0, 0.05) is 5.69 Å². The van der Waals surface area contributed by atoms with Gasteiger partial charge in [-0.05, 0) is 47.7 Å². The molecule has 0 aliphatic heterocycles. The molecule has 0 aliphatic rings. The first kappa shape index (κ1) is 21.7. The molecule has 0 saturated carbocycles. The van der Waals surface area contributed by atoms with Gasteiger partial charge in [-0.1, -0.05) is 44.2 Å². The average molecular weight is 392 g/mol. The molecule has 0 bridgehead atoms. The van der Waals surface area contributed by atoms with Gasteiger partial charge in [0.2, 0.25) is 0 Å². The number of amides is 1. The zero-order valence-corrected chi connectivity index (χ0v) is 17.0. The summed E-state index contributed by atoms with van der Waals surface area (Å²) in [5, 5.41) is 12.1. The number of nitrogens with zero attached hydrogens (tertiary/aromatic N) is 1. The van der Waals surface area contributed by atoms with E-state index in [9.17, 15) is 14.9 Å². The number of nitrogens with one attached hydrogen (secondary N) is 1. The van der Waals surface area contributed by atoms with E-state index in [1.54, 1.807) is 31.4 Å². The molecule has 0 spiro atoms. The Labute approximate surface area is 170 Å². The van der Waals surface area contributed by atoms with Crippen LogP contribution >= 0.6 is 0 Å². The first-order valence-electron chi connectivity index (χ1n) is 9.18. The largest absolute Gasteiger partial charge is 0.497 e. The van der Waals surface area contributed by atoms with E-state index in [1.165, 1.54) is 6.08 Å². The molecule has 0 aromatic heterocycles. The number of carbonyl (C=O) groups is 2. The Morgan fingerprint density at radius 2 is 1.86 bits per heavy atom. The van der Waals surface area contributed by atoms with Gasteiger partial charge in [-0.25, -0.2) is 4.79 Å². The fourth-order valence-corrected chi connectivity index (χ4v) is 2.73. The van der Waals surface area contributed by atoms with Gasteiger partial charge in [-0.3, -0.25) is 4.79 Å². The van der Waals surface area contributed by atoms with Gasteiger partial charge in [0.05, 0.1) is 7.11 Å². The summed E-state index contributed by atoms with van der Waals surface area (Å²) in [6.07, 6.45) is 1.40. The molecule has 0 saturated heterocycles. The SMILES string of the molecule is COc1ccc(/C=C(\C#N)C(=O)OCC(=O)Nc2c(C)cccc2C(C)C)cc1. The molecule has 0 aliphatic carbocycles. The molecule has 6 heteroatoms. The van der Waals surface area contributed by atoms with Gasteiger partial charge in [-0.2, -0.15) is 5.26 Å². The van der Waals surface area contributed by atoms with Crippen LogP contribution in [-0.4, -0.2) is 25.6 Å². The zero-order valence-electron chi connectivity index (χ0n) is 17.0. The van der Waals surface area contributed by atoms with Crippen LogP contribution in [0.1, 0.15) is 36.5 Å². The highest BCUT2D eigenvalue weighted by Gasteiger charge is 2.16. The van der Waals surface area contributed by atoms with Crippen LogP contribution in [0.15, 0.2) is 48.0 Å². The maximum absolute atomic E-state index is 12.3. The molecule has 1 amide bonds. The third kappa shape index (κ3) is 5.94. The highest BCUT2D eigenvalue weighted by atomic mass is 16.5. The molecular formula is C23H24N2O4. The molecule has 0 radical (unpaired) electrons. The third-order valence-corrected chi connectivity index (χ3v) is 4.29. The second kappa shape index (κ2) is 10.1. The number of rotatable bonds is 7. The minimum Gasteiger partial charge on any atom is -0.497 e. The van der Waals surface area contributed by atoms with Gasteiger partial charge in [0.15, 0.2) is 6.61 Å². The summed E-state index contributed by atoms with van der Waals surface area (Å²) in [5.41, 5.74) is 3.10. The van der Waals surface area contributed by atoms with E-state index < -0.39 is 18.5 Å². The van der Waals surface area contributed by atoms with Crippen LogP contribution in [0.5, 0.6) is 5.75 Å². The van der Waals surface area contributed by atoms with Crippen molar-refractivity contribution in [3.63, 3.8) is 0 Å². The third-order valence-electron chi connectivity index (χ3n) is 4.29. The molecule has 0 fully saturated rings. The Kier molecular flexibility index (Phi) is 7.55. The van der Waals surface area contributed by atoms with E-state index in [-0.39, 0.29) is 11.5 Å². The van der Waals surface area contributed by atoms with Crippen LogP contribution in [0.25, 0.3) is 6.08 Å². The van der Waals surface area contributed by atoms with Gasteiger partial charge in [-0.15, -0.1) is 0 Å². The van der Waals surface area contributed by atoms with E-state index in [1.807, 2.05) is 45.0 Å². The van der Waals surface area contributed by atoms with Crippen LogP contribution in [0, 0.1) is 18.3 Å². The summed E-state index contributed by atoms with van der Waals surface area (Å²) in [4.78, 5) is 24.5. The van der Waals surface area contributed by atoms with Crippen molar-refractivity contribution in [3.8, 4) is 11.8 Å². The number of methoxy groups -OCH3 is 1. The number of anilines is 1. The van der Waals surface area contributed by atoms with Crippen molar-refractivity contribution in [2.45, 2.75) is 26.7 Å². The predicted octanol–water partition coefficient (Wildman–Crippen LogP) is 4.22. The van der Waals surface area contributed by atoms with E-state index in [0.29, 0.717) is 11.3 Å². The fraction of sp³-hybridized carbons (Fsp3) is 0.261. The van der Waals surface area contributed by atoms with E-state index >= 15 is 0 Å². The minimum atomic E-state index is -0.854. The molecule has 2 aromatic carbocycles. The summed E-state index contributed by atoms with van der Waals surface area (Å²) >= 11 is 0. The number of benzene rings is 2. The van der Waals surface area contributed by atoms with Crippen molar-refractivity contribution in [3.05, 3.63) is 64.7 Å². The highest BCUT2D eigenvalue weighted by molar-refractivity contribution is 6.00. The number of aryl methyl sites for hydroxylation is 1. The lowest BCUT2D eigenvalue weighted by Crippen LogP contribution is -2.22. The molecule has 0 heterocycles. The Morgan fingerprint density at radius 1 is 1.17 bits per heavy atom. The number of hydrogen-bond donors (Lipinski definition) is 1. The van der Waals surface area contributed by atoms with Crippen LogP contribution in [-0.2, 0) is 14.3 Å². The van der Waals surface area contributed by atoms with E-state index in [4.69, 9.17) is 9.47 Å². The molecule has 6 nitrogen and oxygen atoms in total. The number of para-hydroxylation sites is 1. The van der Waals surface area contributed by atoms with Crippen molar-refractivity contribution >= 4 is 23.6 Å². The standard InChI is InChI=1S/C23H24N2O4/c1-15(2)20-7-5-6-16(3)22(20)25-21(26)14-29-23(27)18(13-24)12-17-8-10-19(28-4)11-9-17/h5-12,15H,14H2,1-4H3,(H,25,26)/b18-12+. The van der Waals surface area contributed by atoms with Crippen molar-refractivity contribution in [2.75, 3.05) is 19.0 Å². The first-order valence-corrected chi connectivity index (χ1v) is 9.18. The molecular weight excluding hydrogens is 368 g/mol. The lowest BCUT2D eigenvalue weighted by Gasteiger charge is -2.16. The molecule has 150 valence electrons. The lowest BCUT2D eigenvalue weighted by molar-refractivity contribution is -0.142. The maximum Gasteiger partial charge on any atom is 0.349 e. The van der Waals surface area contributed by atoms with Crippen LogP contribution in [0.4, 0.5) is 5.69 Å². The number of esters is 1. The highest BCUT2D eigenvalue weighted by Crippen LogP contribution is 2.27. The lowest BCUT2D eigenvalue weighted by atomic mass is 9.98. The van der Waals surface area contributed by atoms with Gasteiger partial charge < -0.3 is 14.8 Å². The van der Waals surface area contributed by atoms with E-state index in [0.717, 1.165) is 16.8 Å². The topological polar surface area (TPSA) is 88.4 Å². The van der Waals surface area contributed by atoms with Crippen LogP contribution < -0.4 is 10.1 Å². The minimum absolute atomic E-state index is 0.193. The van der Waals surface area contributed by atoms with Gasteiger partial charge in [0.1, 0.15) is 17.4 Å². The second-order valence-electron chi connectivity index (χ2n) is 6.76. The van der Waals surface area contributed by atoms with Crippen molar-refractivity contribution in [1.29, 1.82) is 5.26 Å². The summed E-state index contributed by atoms with van der Waals surface area (Å²) in [6.45, 7) is 5.49. The second-order valence-corrected chi connectivity index (χ2v) is 6.76. The maximum atomic E-state index is 12.3. The van der Waals surface area contributed by atoms with Crippen LogP contribution in [0.2, 0.25) is 0 Å². The average Bonchev–Trinajstić information content (AvgIpc) is 2.71. The summed E-state index contributed by atoms with van der Waals surface area (Å²) in [5.74, 6) is -0.425. The van der Waals surface area contributed by atoms with Crippen molar-refractivity contribution in [1.82, 2.24) is 0 Å². The molecule has 0 atom stereocenters. The Balaban J connectivity index is 2.03. The number of hydrogen-bond acceptors (Lipinski definition) is 5. The van der Waals surface area contributed by atoms with Crippen molar-refractivity contribution in [2.24, 2.45) is 0 Å². The molecule has 1 N–H and O–H groups in total. The smallest absolute Gasteiger partial charge is 0.349 e. The molecule has 0 unspecified atom stereocenters. The summed E-state index contributed by atoms with van der Waals surface area (Å²) in [6, 6.07) is 14.4. The number of nitriles is 1. The summed E-state index contributed by atoms with van der Waals surface area (Å²) < 4.78 is 10.1. The quantitative estimate of drug-likeness (QED) is 0.433. The van der Waals surface area contributed by atoms with E-state index in [2.05, 4.69) is 5.32 Å². The normalized spacial score (nSPS) is 11.0. The molecule has 2 aromatic rings. The zero-order chi connectivity index (χ0) is 21.4. The Morgan fingerprint density at radius 3 is 2.45 bits per heavy atom. The number of ether oxygens (including phenoxy) is 2. The fourth-order valence-electron chi connectivity index (χ4n) is 2.73. The Bertz CT molecular complexity index is 954. The molecule has 29 heavy (non-hydrogen) atoms. The monoisotopic (exact) mass is 392 g/mol. The van der Waals surface area contributed by atoms with Crippen molar-refractivity contribution < 1.29 is 19.1 Å². The molecule has 2 rings (SSSR count). The number of carbonyl (C=O) groups excluding carboxylic acids is 2. The van der Waals surface area contributed by atoms with Gasteiger partial charge in [0.25, 0.3) is 5.91 Å².